The molecule has 0 saturated carbocycles. The molecule has 102 valence electrons. The monoisotopic (exact) mass is 275 g/mol. The highest BCUT2D eigenvalue weighted by atomic mass is 32.2. The summed E-state index contributed by atoms with van der Waals surface area (Å²) in [5.74, 6) is -0.175. The maximum absolute atomic E-state index is 11.5. The fourth-order valence-corrected chi connectivity index (χ4v) is 1.94. The molecule has 0 aliphatic carbocycles. The van der Waals surface area contributed by atoms with E-state index in [1.165, 1.54) is 10.9 Å². The van der Waals surface area contributed by atoms with Crippen LogP contribution in [-0.2, 0) is 27.7 Å². The number of aromatic nitrogens is 3. The van der Waals surface area contributed by atoms with E-state index in [2.05, 4.69) is 15.6 Å². The summed E-state index contributed by atoms with van der Waals surface area (Å²) in [4.78, 5) is 11.5. The van der Waals surface area contributed by atoms with Crippen molar-refractivity contribution in [2.45, 2.75) is 19.5 Å². The van der Waals surface area contributed by atoms with Gasteiger partial charge in [0.05, 0.1) is 17.6 Å². The van der Waals surface area contributed by atoms with Gasteiger partial charge in [0.25, 0.3) is 0 Å². The number of nitrogens with two attached hydrogens (primary N) is 1. The second kappa shape index (κ2) is 6.45. The van der Waals surface area contributed by atoms with Crippen molar-refractivity contribution >= 4 is 15.7 Å². The first-order valence-electron chi connectivity index (χ1n) is 5.44. The number of nitrogens with zero attached hydrogens (tertiary/aromatic N) is 3. The zero-order valence-electron chi connectivity index (χ0n) is 10.2. The molecule has 0 saturated heterocycles. The summed E-state index contributed by atoms with van der Waals surface area (Å²) in [5, 5.41) is 10.1. The van der Waals surface area contributed by atoms with Crippen LogP contribution < -0.4 is 11.1 Å². The fourth-order valence-electron chi connectivity index (χ4n) is 1.27. The highest BCUT2D eigenvalue weighted by molar-refractivity contribution is 7.90. The number of carbonyl (C=O) groups excluding carboxylic acids is 1. The molecule has 0 fully saturated rings. The van der Waals surface area contributed by atoms with E-state index >= 15 is 0 Å². The number of hydrogen-bond donors (Lipinski definition) is 2. The van der Waals surface area contributed by atoms with Gasteiger partial charge >= 0.3 is 0 Å². The Hall–Kier alpha value is -1.48. The quantitative estimate of drug-likeness (QED) is 0.572. The highest BCUT2D eigenvalue weighted by Crippen LogP contribution is 1.91. The SMILES string of the molecule is CS(=O)(=O)CCCNC(=O)Cn1cc(CN)nn1. The maximum atomic E-state index is 11.5. The van der Waals surface area contributed by atoms with Gasteiger partial charge in [-0.05, 0) is 6.42 Å². The van der Waals surface area contributed by atoms with Crippen molar-refractivity contribution in [2.24, 2.45) is 5.73 Å². The van der Waals surface area contributed by atoms with Crippen molar-refractivity contribution < 1.29 is 13.2 Å². The molecule has 0 aromatic carbocycles. The van der Waals surface area contributed by atoms with Gasteiger partial charge in [0, 0.05) is 19.3 Å². The van der Waals surface area contributed by atoms with Crippen molar-refractivity contribution in [3.05, 3.63) is 11.9 Å². The average Bonchev–Trinajstić information content (AvgIpc) is 2.71. The Morgan fingerprint density at radius 3 is 2.83 bits per heavy atom. The molecule has 18 heavy (non-hydrogen) atoms. The molecule has 0 radical (unpaired) electrons. The van der Waals surface area contributed by atoms with Gasteiger partial charge < -0.3 is 11.1 Å². The maximum Gasteiger partial charge on any atom is 0.241 e. The van der Waals surface area contributed by atoms with E-state index in [1.807, 2.05) is 0 Å². The Bertz CT molecular complexity index is 496. The van der Waals surface area contributed by atoms with Crippen LogP contribution in [0.5, 0.6) is 0 Å². The lowest BCUT2D eigenvalue weighted by Gasteiger charge is -2.04. The molecule has 0 aliphatic rings. The number of amides is 1. The average molecular weight is 275 g/mol. The van der Waals surface area contributed by atoms with Crippen molar-refractivity contribution in [3.63, 3.8) is 0 Å². The number of hydrogen-bond acceptors (Lipinski definition) is 6. The van der Waals surface area contributed by atoms with Crippen LogP contribution in [0.2, 0.25) is 0 Å². The Morgan fingerprint density at radius 1 is 1.56 bits per heavy atom. The minimum absolute atomic E-state index is 0.0475. The molecule has 0 aliphatic heterocycles. The van der Waals surface area contributed by atoms with Gasteiger partial charge in [-0.2, -0.15) is 0 Å². The second-order valence-electron chi connectivity index (χ2n) is 3.94. The minimum Gasteiger partial charge on any atom is -0.354 e. The molecule has 1 rings (SSSR count). The lowest BCUT2D eigenvalue weighted by molar-refractivity contribution is -0.121. The Kier molecular flexibility index (Phi) is 5.23. The van der Waals surface area contributed by atoms with Gasteiger partial charge in [-0.25, -0.2) is 13.1 Å². The summed E-state index contributed by atoms with van der Waals surface area (Å²) in [6, 6.07) is 0. The van der Waals surface area contributed by atoms with Crippen LogP contribution in [0.1, 0.15) is 12.1 Å². The van der Waals surface area contributed by atoms with Gasteiger partial charge in [-0.1, -0.05) is 5.21 Å². The van der Waals surface area contributed by atoms with E-state index in [-0.39, 0.29) is 24.7 Å². The summed E-state index contributed by atoms with van der Waals surface area (Å²) in [7, 11) is -2.97. The third-order valence-corrected chi connectivity index (χ3v) is 3.15. The van der Waals surface area contributed by atoms with Crippen LogP contribution in [0.4, 0.5) is 0 Å². The van der Waals surface area contributed by atoms with E-state index < -0.39 is 9.84 Å². The van der Waals surface area contributed by atoms with Crippen LogP contribution in [0.3, 0.4) is 0 Å². The van der Waals surface area contributed by atoms with E-state index in [9.17, 15) is 13.2 Å². The molecule has 0 bridgehead atoms. The first-order chi connectivity index (χ1) is 8.40. The lowest BCUT2D eigenvalue weighted by atomic mass is 10.4. The molecule has 0 atom stereocenters. The zero-order valence-corrected chi connectivity index (χ0v) is 11.0. The van der Waals surface area contributed by atoms with E-state index in [0.717, 1.165) is 0 Å². The molecular formula is C9H17N5O3S. The standard InChI is InChI=1S/C9H17N5O3S/c1-18(16,17)4-2-3-11-9(15)7-14-6-8(5-10)12-13-14/h6H,2-5,7,10H2,1H3,(H,11,15). The van der Waals surface area contributed by atoms with Crippen molar-refractivity contribution in [1.29, 1.82) is 0 Å². The Labute approximate surface area is 105 Å². The highest BCUT2D eigenvalue weighted by Gasteiger charge is 2.06. The summed E-state index contributed by atoms with van der Waals surface area (Å²) < 4.78 is 23.1. The number of rotatable bonds is 7. The largest absolute Gasteiger partial charge is 0.354 e. The number of carbonyl (C=O) groups is 1. The summed E-state index contributed by atoms with van der Waals surface area (Å²) in [6.45, 7) is 0.645. The van der Waals surface area contributed by atoms with E-state index in [4.69, 9.17) is 5.73 Å². The second-order valence-corrected chi connectivity index (χ2v) is 6.20. The molecule has 3 N–H and O–H groups in total. The molecule has 1 heterocycles. The Morgan fingerprint density at radius 2 is 2.28 bits per heavy atom. The first-order valence-corrected chi connectivity index (χ1v) is 7.50. The fraction of sp³-hybridized carbons (Fsp3) is 0.667. The molecule has 1 amide bonds. The predicted molar refractivity (Wildman–Crippen MR) is 65.3 cm³/mol. The van der Waals surface area contributed by atoms with Crippen molar-refractivity contribution in [3.8, 4) is 0 Å². The third kappa shape index (κ3) is 5.73. The van der Waals surface area contributed by atoms with Gasteiger partial charge in [-0.3, -0.25) is 4.79 Å². The molecule has 0 spiro atoms. The van der Waals surface area contributed by atoms with Crippen LogP contribution >= 0.6 is 0 Å². The normalized spacial score (nSPS) is 11.4. The first kappa shape index (κ1) is 14.6. The topological polar surface area (TPSA) is 120 Å². The van der Waals surface area contributed by atoms with Crippen LogP contribution in [0.15, 0.2) is 6.20 Å². The van der Waals surface area contributed by atoms with Gasteiger partial charge in [-0.15, -0.1) is 5.10 Å². The summed E-state index contributed by atoms with van der Waals surface area (Å²) in [6.07, 6.45) is 3.16. The smallest absolute Gasteiger partial charge is 0.241 e. The minimum atomic E-state index is -2.97. The summed E-state index contributed by atoms with van der Waals surface area (Å²) in [5.41, 5.74) is 5.97. The van der Waals surface area contributed by atoms with Crippen molar-refractivity contribution in [1.82, 2.24) is 20.3 Å². The van der Waals surface area contributed by atoms with Gasteiger partial charge in [0.2, 0.25) is 5.91 Å². The third-order valence-electron chi connectivity index (χ3n) is 2.11. The van der Waals surface area contributed by atoms with Crippen LogP contribution in [-0.4, -0.2) is 47.9 Å². The Balaban J connectivity index is 2.25. The van der Waals surface area contributed by atoms with Crippen LogP contribution in [0.25, 0.3) is 0 Å². The molecular weight excluding hydrogens is 258 g/mol. The van der Waals surface area contributed by atoms with E-state index in [1.54, 1.807) is 6.20 Å². The van der Waals surface area contributed by atoms with Gasteiger partial charge in [0.1, 0.15) is 16.4 Å². The van der Waals surface area contributed by atoms with Crippen LogP contribution in [0, 0.1) is 0 Å². The molecule has 1 aromatic heterocycles. The number of nitrogens with one attached hydrogen (secondary N) is 1. The molecule has 8 nitrogen and oxygen atoms in total. The number of sulfone groups is 1. The van der Waals surface area contributed by atoms with Gasteiger partial charge in [0.15, 0.2) is 0 Å². The lowest BCUT2D eigenvalue weighted by Crippen LogP contribution is -2.29. The van der Waals surface area contributed by atoms with Crippen molar-refractivity contribution in [2.75, 3.05) is 18.6 Å². The zero-order chi connectivity index (χ0) is 13.6. The predicted octanol–water partition coefficient (Wildman–Crippen LogP) is -1.71. The van der Waals surface area contributed by atoms with E-state index in [0.29, 0.717) is 18.7 Å². The molecule has 9 heteroatoms. The molecule has 0 unspecified atom stereocenters. The summed E-state index contributed by atoms with van der Waals surface area (Å²) >= 11 is 0. The molecule has 1 aromatic rings.